The Hall–Kier alpha value is -2.09. The average Bonchev–Trinajstić information content (AvgIpc) is 3.40. The van der Waals surface area contributed by atoms with Crippen LogP contribution < -0.4 is 11.1 Å². The largest absolute Gasteiger partial charge is 0.332 e. The SMILES string of the molecule is CC(C)(C)C(N)C(=O)N1CCCC1C=O.CNC(C)c1ccc(-c2scnc2C)cc1. The van der Waals surface area contributed by atoms with Gasteiger partial charge in [0.15, 0.2) is 0 Å². The molecule has 0 bridgehead atoms. The maximum Gasteiger partial charge on any atom is 0.240 e. The molecule has 0 spiro atoms. The zero-order valence-corrected chi connectivity index (χ0v) is 20.3. The number of likely N-dealkylation sites (tertiary alicyclic amines) is 1. The Balaban J connectivity index is 0.000000221. The van der Waals surface area contributed by atoms with Gasteiger partial charge < -0.3 is 20.7 Å². The quantitative estimate of drug-likeness (QED) is 0.682. The highest BCUT2D eigenvalue weighted by Gasteiger charge is 2.36. The van der Waals surface area contributed by atoms with E-state index in [0.717, 1.165) is 24.8 Å². The smallest absolute Gasteiger partial charge is 0.240 e. The number of amides is 1. The van der Waals surface area contributed by atoms with E-state index in [-0.39, 0.29) is 17.4 Å². The third-order valence-corrected chi connectivity index (χ3v) is 6.77. The van der Waals surface area contributed by atoms with Gasteiger partial charge in [-0.2, -0.15) is 0 Å². The Bertz CT molecular complexity index is 857. The number of carbonyl (C=O) groups excluding carboxylic acids is 2. The zero-order chi connectivity index (χ0) is 23.2. The van der Waals surface area contributed by atoms with Crippen molar-refractivity contribution in [3.63, 3.8) is 0 Å². The second-order valence-corrected chi connectivity index (χ2v) is 9.98. The molecule has 2 aromatic rings. The van der Waals surface area contributed by atoms with Crippen LogP contribution in [-0.2, 0) is 9.59 Å². The van der Waals surface area contributed by atoms with E-state index in [4.69, 9.17) is 5.73 Å². The van der Waals surface area contributed by atoms with Crippen LogP contribution in [0.2, 0.25) is 0 Å². The summed E-state index contributed by atoms with van der Waals surface area (Å²) in [5, 5.41) is 3.24. The van der Waals surface area contributed by atoms with Crippen molar-refractivity contribution in [2.24, 2.45) is 11.1 Å². The van der Waals surface area contributed by atoms with Gasteiger partial charge in [-0.3, -0.25) is 4.79 Å². The predicted molar refractivity (Wildman–Crippen MR) is 128 cm³/mol. The summed E-state index contributed by atoms with van der Waals surface area (Å²) < 4.78 is 0. The Morgan fingerprint density at radius 2 is 1.97 bits per heavy atom. The third kappa shape index (κ3) is 6.45. The minimum Gasteiger partial charge on any atom is -0.332 e. The molecule has 170 valence electrons. The third-order valence-electron chi connectivity index (χ3n) is 5.79. The van der Waals surface area contributed by atoms with Gasteiger partial charge in [0.25, 0.3) is 0 Å². The molecule has 0 saturated carbocycles. The topological polar surface area (TPSA) is 88.3 Å². The maximum absolute atomic E-state index is 12.0. The average molecular weight is 445 g/mol. The summed E-state index contributed by atoms with van der Waals surface area (Å²) >= 11 is 1.70. The fraction of sp³-hybridized carbons (Fsp3) is 0.542. The number of carbonyl (C=O) groups is 2. The van der Waals surface area contributed by atoms with Gasteiger partial charge >= 0.3 is 0 Å². The van der Waals surface area contributed by atoms with Crippen molar-refractivity contribution in [3.8, 4) is 10.4 Å². The molecule has 0 aliphatic carbocycles. The number of benzene rings is 1. The molecule has 1 aromatic carbocycles. The Labute approximate surface area is 190 Å². The van der Waals surface area contributed by atoms with Crippen LogP contribution in [0.15, 0.2) is 29.8 Å². The first-order chi connectivity index (χ1) is 14.6. The number of hydrogen-bond donors (Lipinski definition) is 2. The molecule has 31 heavy (non-hydrogen) atoms. The number of thiazole rings is 1. The second-order valence-electron chi connectivity index (χ2n) is 9.12. The molecule has 3 N–H and O–H groups in total. The zero-order valence-electron chi connectivity index (χ0n) is 19.5. The summed E-state index contributed by atoms with van der Waals surface area (Å²) in [5.41, 5.74) is 11.2. The van der Waals surface area contributed by atoms with E-state index < -0.39 is 6.04 Å². The summed E-state index contributed by atoms with van der Waals surface area (Å²) in [6.45, 7) is 10.7. The molecule has 1 saturated heterocycles. The van der Waals surface area contributed by atoms with Crippen molar-refractivity contribution >= 4 is 23.5 Å². The molecule has 3 rings (SSSR count). The molecule has 1 aromatic heterocycles. The molecule has 3 unspecified atom stereocenters. The molecule has 0 radical (unpaired) electrons. The molecule has 1 amide bonds. The monoisotopic (exact) mass is 444 g/mol. The van der Waals surface area contributed by atoms with Gasteiger partial charge in [-0.15, -0.1) is 11.3 Å². The summed E-state index contributed by atoms with van der Waals surface area (Å²) in [7, 11) is 1.98. The first kappa shape index (κ1) is 25.2. The van der Waals surface area contributed by atoms with Crippen molar-refractivity contribution in [3.05, 3.63) is 41.0 Å². The van der Waals surface area contributed by atoms with Crippen molar-refractivity contribution in [1.29, 1.82) is 0 Å². The summed E-state index contributed by atoms with van der Waals surface area (Å²) in [4.78, 5) is 29.9. The lowest BCUT2D eigenvalue weighted by Crippen LogP contribution is -2.52. The number of nitrogens with two attached hydrogens (primary N) is 1. The van der Waals surface area contributed by atoms with Crippen LogP contribution >= 0.6 is 11.3 Å². The van der Waals surface area contributed by atoms with Gasteiger partial charge in [0.2, 0.25) is 5.91 Å². The highest BCUT2D eigenvalue weighted by molar-refractivity contribution is 7.13. The van der Waals surface area contributed by atoms with E-state index in [0.29, 0.717) is 12.6 Å². The number of hydrogen-bond acceptors (Lipinski definition) is 6. The van der Waals surface area contributed by atoms with Gasteiger partial charge in [-0.05, 0) is 50.3 Å². The Morgan fingerprint density at radius 1 is 1.32 bits per heavy atom. The van der Waals surface area contributed by atoms with Crippen LogP contribution in [0.1, 0.15) is 57.8 Å². The van der Waals surface area contributed by atoms with Crippen LogP contribution in [0, 0.1) is 12.3 Å². The van der Waals surface area contributed by atoms with Gasteiger partial charge in [-0.1, -0.05) is 45.0 Å². The molecule has 3 atom stereocenters. The highest BCUT2D eigenvalue weighted by atomic mass is 32.1. The number of nitrogens with zero attached hydrogens (tertiary/aromatic N) is 2. The van der Waals surface area contributed by atoms with E-state index >= 15 is 0 Å². The van der Waals surface area contributed by atoms with Crippen molar-refractivity contribution < 1.29 is 9.59 Å². The lowest BCUT2D eigenvalue weighted by Gasteiger charge is -2.31. The van der Waals surface area contributed by atoms with Gasteiger partial charge in [0.05, 0.1) is 28.2 Å². The molecule has 1 aliphatic rings. The fourth-order valence-electron chi connectivity index (χ4n) is 3.43. The Morgan fingerprint density at radius 3 is 2.45 bits per heavy atom. The van der Waals surface area contributed by atoms with E-state index in [2.05, 4.69) is 48.4 Å². The number of aldehydes is 1. The number of nitrogens with one attached hydrogen (secondary N) is 1. The van der Waals surface area contributed by atoms with Gasteiger partial charge in [0, 0.05) is 12.6 Å². The van der Waals surface area contributed by atoms with E-state index in [1.165, 1.54) is 16.0 Å². The first-order valence-electron chi connectivity index (χ1n) is 10.8. The summed E-state index contributed by atoms with van der Waals surface area (Å²) in [6.07, 6.45) is 2.51. The predicted octanol–water partition coefficient (Wildman–Crippen LogP) is 3.95. The van der Waals surface area contributed by atoms with E-state index in [9.17, 15) is 9.59 Å². The molecule has 1 fully saturated rings. The van der Waals surface area contributed by atoms with E-state index in [1.54, 1.807) is 16.2 Å². The normalized spacial score (nSPS) is 18.2. The van der Waals surface area contributed by atoms with Crippen LogP contribution in [0.25, 0.3) is 10.4 Å². The maximum atomic E-state index is 12.0. The van der Waals surface area contributed by atoms with Crippen LogP contribution in [-0.4, -0.2) is 47.8 Å². The molecule has 7 heteroatoms. The Kier molecular flexibility index (Phi) is 8.91. The fourth-order valence-corrected chi connectivity index (χ4v) is 4.24. The van der Waals surface area contributed by atoms with Crippen LogP contribution in [0.4, 0.5) is 0 Å². The first-order valence-corrected chi connectivity index (χ1v) is 11.7. The van der Waals surface area contributed by atoms with Gasteiger partial charge in [-0.25, -0.2) is 4.98 Å². The molecule has 1 aliphatic heterocycles. The minimum atomic E-state index is -0.530. The second kappa shape index (κ2) is 11.0. The standard InChI is InChI=1S/C13H16N2S.C11H20N2O2/c1-9(14-3)11-4-6-12(7-5-11)13-10(2)15-8-16-13;1-11(2,3)9(12)10(15)13-6-4-5-8(13)7-14/h4-9,14H,1-3H3;7-9H,4-6,12H2,1-3H3. The summed E-state index contributed by atoms with van der Waals surface area (Å²) in [6, 6.07) is 8.30. The summed E-state index contributed by atoms with van der Waals surface area (Å²) in [5.74, 6) is -0.0999. The van der Waals surface area contributed by atoms with E-state index in [1.807, 2.05) is 33.3 Å². The lowest BCUT2D eigenvalue weighted by molar-refractivity contribution is -0.137. The molecular weight excluding hydrogens is 408 g/mol. The van der Waals surface area contributed by atoms with Crippen LogP contribution in [0.3, 0.4) is 0 Å². The molecule has 2 heterocycles. The number of aromatic nitrogens is 1. The number of rotatable bonds is 5. The van der Waals surface area contributed by atoms with Crippen molar-refractivity contribution in [2.75, 3.05) is 13.6 Å². The number of aryl methyl sites for hydroxylation is 1. The van der Waals surface area contributed by atoms with Crippen molar-refractivity contribution in [2.45, 2.75) is 65.6 Å². The van der Waals surface area contributed by atoms with Crippen LogP contribution in [0.5, 0.6) is 0 Å². The molecule has 6 nitrogen and oxygen atoms in total. The highest BCUT2D eigenvalue weighted by Crippen LogP contribution is 2.28. The molecular formula is C24H36N4O2S. The van der Waals surface area contributed by atoms with Gasteiger partial charge in [0.1, 0.15) is 6.29 Å². The van der Waals surface area contributed by atoms with Crippen molar-refractivity contribution in [1.82, 2.24) is 15.2 Å². The minimum absolute atomic E-state index is 0.0999. The lowest BCUT2D eigenvalue weighted by atomic mass is 9.86.